The largest absolute Gasteiger partial charge is 0.396 e. The zero-order valence-corrected chi connectivity index (χ0v) is 13.0. The number of nitrogen functional groups attached to an aromatic ring is 1. The van der Waals surface area contributed by atoms with Crippen LogP contribution < -0.4 is 5.73 Å². The van der Waals surface area contributed by atoms with Crippen LogP contribution in [-0.4, -0.2) is 33.7 Å². The Labute approximate surface area is 121 Å². The van der Waals surface area contributed by atoms with Gasteiger partial charge in [0.15, 0.2) is 0 Å². The Morgan fingerprint density at radius 1 is 1.40 bits per heavy atom. The summed E-state index contributed by atoms with van der Waals surface area (Å²) in [4.78, 5) is 14.5. The Balaban J connectivity index is 2.07. The molecule has 1 aromatic heterocycles. The smallest absolute Gasteiger partial charge is 0.274 e. The molecule has 0 unspecified atom stereocenters. The molecule has 2 rings (SSSR count). The van der Waals surface area contributed by atoms with Crippen LogP contribution >= 0.6 is 0 Å². The summed E-state index contributed by atoms with van der Waals surface area (Å²) in [5.74, 6) is 0.703. The number of aryl methyl sites for hydroxylation is 1. The summed E-state index contributed by atoms with van der Waals surface area (Å²) in [5.41, 5.74) is 7.23. The highest BCUT2D eigenvalue weighted by atomic mass is 16.2. The van der Waals surface area contributed by atoms with Crippen LogP contribution in [0.3, 0.4) is 0 Å². The van der Waals surface area contributed by atoms with Gasteiger partial charge in [0.1, 0.15) is 5.69 Å². The molecule has 0 saturated carbocycles. The Morgan fingerprint density at radius 3 is 2.50 bits per heavy atom. The molecule has 0 aliphatic carbocycles. The molecule has 1 amide bonds. The van der Waals surface area contributed by atoms with E-state index in [1.165, 1.54) is 0 Å². The van der Waals surface area contributed by atoms with Crippen molar-refractivity contribution in [1.82, 2.24) is 14.7 Å². The summed E-state index contributed by atoms with van der Waals surface area (Å²) in [6.45, 7) is 11.1. The Bertz CT molecular complexity index is 479. The first-order valence-electron chi connectivity index (χ1n) is 7.45. The summed E-state index contributed by atoms with van der Waals surface area (Å²) in [6.07, 6.45) is 3.70. The number of hydrogen-bond donors (Lipinski definition) is 1. The number of likely N-dealkylation sites (tertiary alicyclic amines) is 1. The lowest BCUT2D eigenvalue weighted by Crippen LogP contribution is -2.42. The van der Waals surface area contributed by atoms with Gasteiger partial charge in [-0.25, -0.2) is 0 Å². The van der Waals surface area contributed by atoms with Crippen LogP contribution in [0.15, 0.2) is 6.20 Å². The lowest BCUT2D eigenvalue weighted by molar-refractivity contribution is 0.0598. The SMILES string of the molecule is CCn1ncc(N)c1C(=O)N1CCC(C(C)(C)C)CC1. The second-order valence-corrected chi connectivity index (χ2v) is 6.70. The van der Waals surface area contributed by atoms with E-state index in [1.807, 2.05) is 11.8 Å². The van der Waals surface area contributed by atoms with Crippen molar-refractivity contribution in [3.63, 3.8) is 0 Å². The van der Waals surface area contributed by atoms with E-state index in [0.717, 1.165) is 25.9 Å². The molecule has 0 spiro atoms. The van der Waals surface area contributed by atoms with E-state index in [2.05, 4.69) is 25.9 Å². The van der Waals surface area contributed by atoms with Gasteiger partial charge in [0.05, 0.1) is 11.9 Å². The van der Waals surface area contributed by atoms with Crippen molar-refractivity contribution in [2.75, 3.05) is 18.8 Å². The highest BCUT2D eigenvalue weighted by molar-refractivity contribution is 5.97. The number of aromatic nitrogens is 2. The van der Waals surface area contributed by atoms with Crippen molar-refractivity contribution in [2.45, 2.75) is 47.1 Å². The molecule has 1 saturated heterocycles. The van der Waals surface area contributed by atoms with Crippen LogP contribution in [0.4, 0.5) is 5.69 Å². The summed E-state index contributed by atoms with van der Waals surface area (Å²) in [6, 6.07) is 0. The summed E-state index contributed by atoms with van der Waals surface area (Å²) in [5, 5.41) is 4.15. The quantitative estimate of drug-likeness (QED) is 0.903. The lowest BCUT2D eigenvalue weighted by Gasteiger charge is -2.38. The minimum atomic E-state index is 0.0224. The van der Waals surface area contributed by atoms with Gasteiger partial charge in [0.2, 0.25) is 0 Å². The fourth-order valence-corrected chi connectivity index (χ4v) is 2.97. The molecule has 1 aliphatic heterocycles. The molecule has 1 fully saturated rings. The van der Waals surface area contributed by atoms with Crippen LogP contribution in [0, 0.1) is 11.3 Å². The standard InChI is InChI=1S/C15H26N4O/c1-5-19-13(12(16)10-17-19)14(20)18-8-6-11(7-9-18)15(2,3)4/h10-11H,5-9,16H2,1-4H3. The third-order valence-corrected chi connectivity index (χ3v) is 4.38. The minimum Gasteiger partial charge on any atom is -0.396 e. The van der Waals surface area contributed by atoms with E-state index >= 15 is 0 Å². The number of anilines is 1. The number of nitrogens with zero attached hydrogens (tertiary/aromatic N) is 3. The number of hydrogen-bond acceptors (Lipinski definition) is 3. The first-order chi connectivity index (χ1) is 9.34. The number of amides is 1. The maximum Gasteiger partial charge on any atom is 0.274 e. The van der Waals surface area contributed by atoms with Crippen molar-refractivity contribution in [1.29, 1.82) is 0 Å². The van der Waals surface area contributed by atoms with Gasteiger partial charge < -0.3 is 10.6 Å². The first kappa shape index (κ1) is 14.9. The zero-order valence-electron chi connectivity index (χ0n) is 13.0. The van der Waals surface area contributed by atoms with Crippen molar-refractivity contribution in [2.24, 2.45) is 11.3 Å². The van der Waals surface area contributed by atoms with Crippen molar-refractivity contribution >= 4 is 11.6 Å². The average Bonchev–Trinajstić information content (AvgIpc) is 2.78. The molecule has 0 atom stereocenters. The monoisotopic (exact) mass is 278 g/mol. The third-order valence-electron chi connectivity index (χ3n) is 4.38. The van der Waals surface area contributed by atoms with Crippen LogP contribution in [0.5, 0.6) is 0 Å². The van der Waals surface area contributed by atoms with Crippen molar-refractivity contribution < 1.29 is 4.79 Å². The Morgan fingerprint density at radius 2 is 2.00 bits per heavy atom. The van der Waals surface area contributed by atoms with Gasteiger partial charge in [-0.15, -0.1) is 0 Å². The van der Waals surface area contributed by atoms with E-state index in [4.69, 9.17) is 5.73 Å². The molecule has 112 valence electrons. The first-order valence-corrected chi connectivity index (χ1v) is 7.45. The predicted octanol–water partition coefficient (Wildman–Crippen LogP) is 2.38. The van der Waals surface area contributed by atoms with Crippen molar-refractivity contribution in [3.8, 4) is 0 Å². The molecule has 5 nitrogen and oxygen atoms in total. The van der Waals surface area contributed by atoms with E-state index in [1.54, 1.807) is 10.9 Å². The number of nitrogens with two attached hydrogens (primary N) is 1. The molecule has 20 heavy (non-hydrogen) atoms. The maximum atomic E-state index is 12.6. The summed E-state index contributed by atoms with van der Waals surface area (Å²) < 4.78 is 1.69. The van der Waals surface area contributed by atoms with Crippen LogP contribution in [-0.2, 0) is 6.54 Å². The maximum absolute atomic E-state index is 12.6. The topological polar surface area (TPSA) is 64.2 Å². The van der Waals surface area contributed by atoms with Crippen LogP contribution in [0.2, 0.25) is 0 Å². The van der Waals surface area contributed by atoms with Gasteiger partial charge in [-0.1, -0.05) is 20.8 Å². The van der Waals surface area contributed by atoms with Gasteiger partial charge in [-0.2, -0.15) is 5.10 Å². The predicted molar refractivity (Wildman–Crippen MR) is 80.4 cm³/mol. The minimum absolute atomic E-state index is 0.0224. The van der Waals surface area contributed by atoms with Gasteiger partial charge in [0, 0.05) is 19.6 Å². The normalized spacial score (nSPS) is 17.5. The third kappa shape index (κ3) is 2.81. The number of carbonyl (C=O) groups is 1. The molecule has 0 aromatic carbocycles. The van der Waals surface area contributed by atoms with Gasteiger partial charge in [-0.05, 0) is 31.1 Å². The second kappa shape index (κ2) is 5.46. The molecule has 2 N–H and O–H groups in total. The van der Waals surface area contributed by atoms with E-state index in [-0.39, 0.29) is 5.91 Å². The Kier molecular flexibility index (Phi) is 4.06. The number of rotatable bonds is 2. The van der Waals surface area contributed by atoms with E-state index < -0.39 is 0 Å². The molecule has 0 bridgehead atoms. The van der Waals surface area contributed by atoms with Crippen LogP contribution in [0.1, 0.15) is 51.0 Å². The fraction of sp³-hybridized carbons (Fsp3) is 0.733. The molecule has 1 aliphatic rings. The van der Waals surface area contributed by atoms with E-state index in [0.29, 0.717) is 29.3 Å². The second-order valence-electron chi connectivity index (χ2n) is 6.70. The molecule has 1 aromatic rings. The summed E-state index contributed by atoms with van der Waals surface area (Å²) >= 11 is 0. The molecular weight excluding hydrogens is 252 g/mol. The highest BCUT2D eigenvalue weighted by Crippen LogP contribution is 2.34. The van der Waals surface area contributed by atoms with Gasteiger partial charge in [-0.3, -0.25) is 9.48 Å². The van der Waals surface area contributed by atoms with Gasteiger partial charge in [0.25, 0.3) is 5.91 Å². The van der Waals surface area contributed by atoms with Crippen molar-refractivity contribution in [3.05, 3.63) is 11.9 Å². The Hall–Kier alpha value is -1.52. The van der Waals surface area contributed by atoms with E-state index in [9.17, 15) is 4.79 Å². The van der Waals surface area contributed by atoms with Crippen LogP contribution in [0.25, 0.3) is 0 Å². The molecular formula is C15H26N4O. The molecule has 5 heteroatoms. The summed E-state index contributed by atoms with van der Waals surface area (Å²) in [7, 11) is 0. The van der Waals surface area contributed by atoms with Gasteiger partial charge >= 0.3 is 0 Å². The zero-order chi connectivity index (χ0) is 14.9. The average molecular weight is 278 g/mol. The molecule has 2 heterocycles. The lowest BCUT2D eigenvalue weighted by atomic mass is 9.75. The fourth-order valence-electron chi connectivity index (χ4n) is 2.97. The highest BCUT2D eigenvalue weighted by Gasteiger charge is 2.32. The number of carbonyl (C=O) groups excluding carboxylic acids is 1. The number of piperidine rings is 1. The molecule has 0 radical (unpaired) electrons.